The van der Waals surface area contributed by atoms with Gasteiger partial charge in [0.25, 0.3) is 5.56 Å². The number of hydrogen-bond donors (Lipinski definition) is 1. The van der Waals surface area contributed by atoms with E-state index in [1.165, 1.54) is 16.3 Å². The smallest absolute Gasteiger partial charge is 0.267 e. The van der Waals surface area contributed by atoms with Gasteiger partial charge in [0.15, 0.2) is 0 Å². The Morgan fingerprint density at radius 1 is 1.03 bits per heavy atom. The fourth-order valence-electron chi connectivity index (χ4n) is 3.58. The van der Waals surface area contributed by atoms with Crippen molar-refractivity contribution in [2.75, 3.05) is 5.32 Å². The molecule has 3 aromatic heterocycles. The number of nitrogens with one attached hydrogen (secondary N) is 1. The highest BCUT2D eigenvalue weighted by atomic mass is 32.1. The molecule has 0 spiro atoms. The lowest BCUT2D eigenvalue weighted by Crippen LogP contribution is -2.33. The molecular weight excluding hydrogens is 446 g/mol. The minimum atomic E-state index is -0.795. The SMILES string of the molecule is Cc1ccc2nc(-c3ccc(NC(=O)C(C)n4nc(-c5cccnc5)ccc4=O)cc3)sc2c1. The van der Waals surface area contributed by atoms with Crippen LogP contribution < -0.4 is 10.9 Å². The maximum atomic E-state index is 12.9. The van der Waals surface area contributed by atoms with Crippen molar-refractivity contribution in [3.8, 4) is 21.8 Å². The number of fused-ring (bicyclic) bond motifs is 1. The minimum Gasteiger partial charge on any atom is -0.324 e. The van der Waals surface area contributed by atoms with Crippen LogP contribution in [0, 0.1) is 6.92 Å². The molecular formula is C26H21N5O2S. The van der Waals surface area contributed by atoms with Crippen molar-refractivity contribution in [2.45, 2.75) is 19.9 Å². The Morgan fingerprint density at radius 3 is 2.62 bits per heavy atom. The molecule has 1 N–H and O–H groups in total. The standard InChI is InChI=1S/C26H21N5O2S/c1-16-5-10-22-23(14-16)34-26(29-22)18-6-8-20(9-7-18)28-25(33)17(2)31-24(32)12-11-21(30-31)19-4-3-13-27-15-19/h3-15,17H,1-2H3,(H,28,33). The van der Waals surface area contributed by atoms with Crippen LogP contribution in [0.5, 0.6) is 0 Å². The highest BCUT2D eigenvalue weighted by molar-refractivity contribution is 7.21. The van der Waals surface area contributed by atoms with Crippen LogP contribution in [0.4, 0.5) is 5.69 Å². The summed E-state index contributed by atoms with van der Waals surface area (Å²) in [5.41, 5.74) is 4.78. The molecule has 1 unspecified atom stereocenters. The molecule has 3 heterocycles. The zero-order valence-electron chi connectivity index (χ0n) is 18.6. The fourth-order valence-corrected chi connectivity index (χ4v) is 4.65. The van der Waals surface area contributed by atoms with Crippen LogP contribution in [0.15, 0.2) is 83.9 Å². The summed E-state index contributed by atoms with van der Waals surface area (Å²) in [7, 11) is 0. The van der Waals surface area contributed by atoms with Crippen LogP contribution in [0.2, 0.25) is 0 Å². The summed E-state index contributed by atoms with van der Waals surface area (Å²) in [5.74, 6) is -0.332. The Hall–Kier alpha value is -4.17. The lowest BCUT2D eigenvalue weighted by Gasteiger charge is -2.15. The molecule has 5 aromatic rings. The van der Waals surface area contributed by atoms with Crippen LogP contribution in [0.25, 0.3) is 32.0 Å². The number of carbonyl (C=O) groups is 1. The summed E-state index contributed by atoms with van der Waals surface area (Å²) < 4.78 is 2.34. The zero-order chi connectivity index (χ0) is 23.7. The summed E-state index contributed by atoms with van der Waals surface area (Å²) in [6.45, 7) is 3.71. The third-order valence-electron chi connectivity index (χ3n) is 5.47. The number of nitrogens with zero attached hydrogens (tertiary/aromatic N) is 4. The monoisotopic (exact) mass is 467 g/mol. The number of pyridine rings is 1. The second-order valence-electron chi connectivity index (χ2n) is 7.98. The second-order valence-corrected chi connectivity index (χ2v) is 9.01. The molecule has 0 radical (unpaired) electrons. The Bertz CT molecular complexity index is 1540. The molecule has 0 saturated carbocycles. The Kier molecular flexibility index (Phi) is 5.73. The van der Waals surface area contributed by atoms with Crippen LogP contribution >= 0.6 is 11.3 Å². The molecule has 34 heavy (non-hydrogen) atoms. The van der Waals surface area contributed by atoms with Crippen molar-refractivity contribution in [3.05, 3.63) is 95.0 Å². The number of aromatic nitrogens is 4. The number of hydrogen-bond acceptors (Lipinski definition) is 6. The van der Waals surface area contributed by atoms with Gasteiger partial charge in [-0.25, -0.2) is 9.67 Å². The molecule has 0 saturated heterocycles. The Balaban J connectivity index is 1.33. The molecule has 8 heteroatoms. The highest BCUT2D eigenvalue weighted by Gasteiger charge is 2.18. The number of aryl methyl sites for hydroxylation is 1. The third kappa shape index (κ3) is 4.35. The van der Waals surface area contributed by atoms with Gasteiger partial charge in [0.1, 0.15) is 11.0 Å². The summed E-state index contributed by atoms with van der Waals surface area (Å²) in [6.07, 6.45) is 3.33. The van der Waals surface area contributed by atoms with Crippen LogP contribution in [0.1, 0.15) is 18.5 Å². The summed E-state index contributed by atoms with van der Waals surface area (Å²) >= 11 is 1.64. The largest absolute Gasteiger partial charge is 0.324 e. The van der Waals surface area contributed by atoms with Crippen LogP contribution in [-0.2, 0) is 4.79 Å². The molecule has 5 rings (SSSR count). The lowest BCUT2D eigenvalue weighted by atomic mass is 10.2. The van der Waals surface area contributed by atoms with Crippen molar-refractivity contribution in [3.63, 3.8) is 0 Å². The normalized spacial score (nSPS) is 11.9. The minimum absolute atomic E-state index is 0.332. The first kappa shape index (κ1) is 21.7. The molecule has 0 aliphatic rings. The summed E-state index contributed by atoms with van der Waals surface area (Å²) in [5, 5.41) is 8.18. The molecule has 7 nitrogen and oxygen atoms in total. The predicted octanol–water partition coefficient (Wildman–Crippen LogP) is 5.09. The maximum absolute atomic E-state index is 12.9. The molecule has 0 bridgehead atoms. The van der Waals surface area contributed by atoms with E-state index < -0.39 is 6.04 Å². The van der Waals surface area contributed by atoms with Crippen molar-refractivity contribution in [2.24, 2.45) is 0 Å². The third-order valence-corrected chi connectivity index (χ3v) is 6.54. The van der Waals surface area contributed by atoms with Crippen LogP contribution in [0.3, 0.4) is 0 Å². The number of anilines is 1. The molecule has 0 aliphatic heterocycles. The first-order valence-electron chi connectivity index (χ1n) is 10.8. The van der Waals surface area contributed by atoms with Crippen LogP contribution in [-0.4, -0.2) is 25.7 Å². The van der Waals surface area contributed by atoms with Crippen molar-refractivity contribution < 1.29 is 4.79 Å². The average Bonchev–Trinajstić information content (AvgIpc) is 3.28. The lowest BCUT2D eigenvalue weighted by molar-refractivity contribution is -0.119. The number of benzene rings is 2. The van der Waals surface area contributed by atoms with Gasteiger partial charge in [0.05, 0.1) is 15.9 Å². The second kappa shape index (κ2) is 8.99. The van der Waals surface area contributed by atoms with Gasteiger partial charge in [-0.05, 0) is 74.0 Å². The number of carbonyl (C=O) groups excluding carboxylic acids is 1. The van der Waals surface area contributed by atoms with E-state index in [0.717, 1.165) is 26.4 Å². The highest BCUT2D eigenvalue weighted by Crippen LogP contribution is 2.31. The van der Waals surface area contributed by atoms with Gasteiger partial charge >= 0.3 is 0 Å². The topological polar surface area (TPSA) is 89.8 Å². The first-order chi connectivity index (χ1) is 16.5. The summed E-state index contributed by atoms with van der Waals surface area (Å²) in [4.78, 5) is 34.1. The van der Waals surface area contributed by atoms with E-state index in [1.54, 1.807) is 42.8 Å². The van der Waals surface area contributed by atoms with Gasteiger partial charge in [-0.3, -0.25) is 14.6 Å². The summed E-state index contributed by atoms with van der Waals surface area (Å²) in [6, 6.07) is 19.6. The van der Waals surface area contributed by atoms with Crippen molar-refractivity contribution in [1.29, 1.82) is 0 Å². The molecule has 0 fully saturated rings. The van der Waals surface area contributed by atoms with E-state index in [4.69, 9.17) is 4.98 Å². The van der Waals surface area contributed by atoms with Gasteiger partial charge in [-0.1, -0.05) is 6.07 Å². The van der Waals surface area contributed by atoms with Gasteiger partial charge in [0.2, 0.25) is 5.91 Å². The number of amides is 1. The van der Waals surface area contributed by atoms with E-state index in [-0.39, 0.29) is 11.5 Å². The zero-order valence-corrected chi connectivity index (χ0v) is 19.4. The molecule has 1 amide bonds. The van der Waals surface area contributed by atoms with E-state index in [9.17, 15) is 9.59 Å². The predicted molar refractivity (Wildman–Crippen MR) is 135 cm³/mol. The molecule has 1 atom stereocenters. The Labute approximate surface area is 199 Å². The van der Waals surface area contributed by atoms with Crippen molar-refractivity contribution >= 4 is 33.1 Å². The first-order valence-corrected chi connectivity index (χ1v) is 11.6. The Morgan fingerprint density at radius 2 is 1.85 bits per heavy atom. The quantitative estimate of drug-likeness (QED) is 0.389. The number of rotatable bonds is 5. The fraction of sp³-hybridized carbons (Fsp3) is 0.115. The maximum Gasteiger partial charge on any atom is 0.267 e. The van der Waals surface area contributed by atoms with E-state index in [2.05, 4.69) is 34.5 Å². The van der Waals surface area contributed by atoms with Gasteiger partial charge in [-0.15, -0.1) is 11.3 Å². The van der Waals surface area contributed by atoms with Gasteiger partial charge < -0.3 is 5.32 Å². The van der Waals surface area contributed by atoms with Gasteiger partial charge in [-0.2, -0.15) is 5.10 Å². The van der Waals surface area contributed by atoms with Gasteiger partial charge in [0, 0.05) is 35.3 Å². The average molecular weight is 468 g/mol. The molecule has 168 valence electrons. The molecule has 0 aliphatic carbocycles. The van der Waals surface area contributed by atoms with E-state index in [1.807, 2.05) is 36.4 Å². The molecule has 2 aromatic carbocycles. The van der Waals surface area contributed by atoms with Crippen molar-refractivity contribution in [1.82, 2.24) is 19.7 Å². The number of thiazole rings is 1. The van der Waals surface area contributed by atoms with E-state index >= 15 is 0 Å². The van der Waals surface area contributed by atoms with E-state index in [0.29, 0.717) is 11.4 Å².